The average Bonchev–Trinajstić information content (AvgIpc) is 3.58. The number of halogens is 1. The van der Waals surface area contributed by atoms with Crippen LogP contribution < -0.4 is 5.32 Å². The molecule has 6 aromatic rings. The Morgan fingerprint density at radius 2 is 1.93 bits per heavy atom. The molecule has 3 aromatic carbocycles. The smallest absolute Gasteiger partial charge is 0.144 e. The number of aromatic nitrogens is 5. The van der Waals surface area contributed by atoms with E-state index in [9.17, 15) is 8.60 Å². The fourth-order valence-corrected chi connectivity index (χ4v) is 5.64. The summed E-state index contributed by atoms with van der Waals surface area (Å²) >= 11 is 1.48. The fourth-order valence-electron chi connectivity index (χ4n) is 4.26. The van der Waals surface area contributed by atoms with Gasteiger partial charge in [-0.2, -0.15) is 9.50 Å². The van der Waals surface area contributed by atoms with Crippen molar-refractivity contribution < 1.29 is 8.60 Å². The van der Waals surface area contributed by atoms with Crippen LogP contribution in [0.2, 0.25) is 0 Å². The summed E-state index contributed by atoms with van der Waals surface area (Å²) in [6.45, 7) is 6.15. The van der Waals surface area contributed by atoms with Crippen LogP contribution in [0.1, 0.15) is 31.2 Å². The third kappa shape index (κ3) is 5.91. The molecule has 1 N–H and O–H groups in total. The molecule has 0 radical (unpaired) electrons. The van der Waals surface area contributed by atoms with Crippen molar-refractivity contribution in [3.8, 4) is 10.6 Å². The van der Waals surface area contributed by atoms with Crippen molar-refractivity contribution in [2.45, 2.75) is 32.1 Å². The fraction of sp³-hybridized carbons (Fsp3) is 0.167. The molecule has 3 aromatic heterocycles. The molecule has 0 spiro atoms. The van der Waals surface area contributed by atoms with Gasteiger partial charge in [0.15, 0.2) is 0 Å². The molecule has 1 atom stereocenters. The standard InChI is InChI=1S/C30H26FN7OS2/c1-30(2,3)41(39)36-16-24-15-32-29(40-24)20-7-9-26-25(13-20)28(34-18-33-26)37-23-8-10-27-21(12-23)14-35-38(27)17-19-5-4-6-22(31)11-19/h4-16,18H,17H2,1-3H3,(H,33,34,37)/t41-/m0/s1. The van der Waals surface area contributed by atoms with Gasteiger partial charge in [-0.05, 0) is 74.9 Å². The second-order valence-electron chi connectivity index (χ2n) is 10.4. The third-order valence-electron chi connectivity index (χ3n) is 6.33. The number of nitrogens with zero attached hydrogens (tertiary/aromatic N) is 6. The lowest BCUT2D eigenvalue weighted by molar-refractivity contribution is 0.621. The van der Waals surface area contributed by atoms with Crippen molar-refractivity contribution in [2.75, 3.05) is 5.32 Å². The molecule has 41 heavy (non-hydrogen) atoms. The minimum atomic E-state index is -1.33. The first-order valence-corrected chi connectivity index (χ1v) is 14.8. The van der Waals surface area contributed by atoms with Crippen LogP contribution in [0, 0.1) is 5.82 Å². The Labute approximate surface area is 242 Å². The first-order chi connectivity index (χ1) is 19.7. The summed E-state index contributed by atoms with van der Waals surface area (Å²) in [6.07, 6.45) is 6.69. The molecular formula is C30H26FN7OS2. The average molecular weight is 584 g/mol. The number of anilines is 2. The van der Waals surface area contributed by atoms with Gasteiger partial charge in [-0.15, -0.1) is 11.3 Å². The summed E-state index contributed by atoms with van der Waals surface area (Å²) in [6, 6.07) is 18.5. The van der Waals surface area contributed by atoms with E-state index in [2.05, 4.69) is 29.8 Å². The zero-order chi connectivity index (χ0) is 28.6. The largest absolute Gasteiger partial charge is 0.340 e. The molecule has 0 aliphatic rings. The number of benzene rings is 3. The molecule has 0 fully saturated rings. The zero-order valence-electron chi connectivity index (χ0n) is 22.6. The minimum Gasteiger partial charge on any atom is -0.340 e. The van der Waals surface area contributed by atoms with Gasteiger partial charge in [-0.1, -0.05) is 12.1 Å². The van der Waals surface area contributed by atoms with Crippen LogP contribution in [-0.4, -0.2) is 39.9 Å². The SMILES string of the molecule is CC(C)(C)[S@](=O)N=Cc1cnc(-c2ccc3ncnc(Nc4ccc5c(cnn5Cc5cccc(F)c5)c4)c3c2)s1. The quantitative estimate of drug-likeness (QED) is 0.205. The van der Waals surface area contributed by atoms with Crippen LogP contribution in [0.4, 0.5) is 15.9 Å². The summed E-state index contributed by atoms with van der Waals surface area (Å²) in [5.41, 5.74) is 4.37. The lowest BCUT2D eigenvalue weighted by atomic mass is 10.1. The molecule has 0 unspecified atom stereocenters. The van der Waals surface area contributed by atoms with Crippen molar-refractivity contribution in [1.82, 2.24) is 24.7 Å². The normalized spacial score (nSPS) is 12.9. The Hall–Kier alpha value is -4.35. The summed E-state index contributed by atoms with van der Waals surface area (Å²) in [7, 11) is -1.33. The van der Waals surface area contributed by atoms with Gasteiger partial charge in [-0.25, -0.2) is 23.6 Å². The summed E-state index contributed by atoms with van der Waals surface area (Å²) in [4.78, 5) is 14.3. The van der Waals surface area contributed by atoms with E-state index in [0.29, 0.717) is 12.4 Å². The van der Waals surface area contributed by atoms with E-state index in [0.717, 1.165) is 48.5 Å². The lowest BCUT2D eigenvalue weighted by Gasteiger charge is -2.12. The van der Waals surface area contributed by atoms with E-state index in [4.69, 9.17) is 0 Å². The Kier molecular flexibility index (Phi) is 7.14. The van der Waals surface area contributed by atoms with Gasteiger partial charge in [0.05, 0.1) is 39.6 Å². The van der Waals surface area contributed by atoms with Crippen LogP contribution in [0.25, 0.3) is 32.4 Å². The Morgan fingerprint density at radius 1 is 1.05 bits per heavy atom. The maximum Gasteiger partial charge on any atom is 0.144 e. The van der Waals surface area contributed by atoms with Crippen LogP contribution in [0.3, 0.4) is 0 Å². The highest BCUT2D eigenvalue weighted by atomic mass is 32.2. The number of hydrogen-bond donors (Lipinski definition) is 1. The minimum absolute atomic E-state index is 0.261. The van der Waals surface area contributed by atoms with Crippen LogP contribution in [0.5, 0.6) is 0 Å². The number of thiazole rings is 1. The maximum absolute atomic E-state index is 13.6. The monoisotopic (exact) mass is 583 g/mol. The predicted molar refractivity (Wildman–Crippen MR) is 165 cm³/mol. The molecule has 0 saturated carbocycles. The number of hydrogen-bond acceptors (Lipinski definition) is 7. The van der Waals surface area contributed by atoms with Crippen molar-refractivity contribution in [1.29, 1.82) is 0 Å². The first kappa shape index (κ1) is 26.9. The molecule has 0 amide bonds. The molecule has 0 saturated heterocycles. The van der Waals surface area contributed by atoms with Crippen molar-refractivity contribution in [3.05, 3.63) is 95.6 Å². The molecule has 0 aliphatic carbocycles. The van der Waals surface area contributed by atoms with Gasteiger partial charge in [0.25, 0.3) is 0 Å². The highest BCUT2D eigenvalue weighted by Gasteiger charge is 2.18. The van der Waals surface area contributed by atoms with E-state index >= 15 is 0 Å². The van der Waals surface area contributed by atoms with Gasteiger partial charge >= 0.3 is 0 Å². The van der Waals surface area contributed by atoms with Gasteiger partial charge in [-0.3, -0.25) is 4.68 Å². The Bertz CT molecular complexity index is 1940. The van der Waals surface area contributed by atoms with E-state index in [-0.39, 0.29) is 5.82 Å². The Balaban J connectivity index is 1.25. The highest BCUT2D eigenvalue weighted by molar-refractivity contribution is 7.85. The second kappa shape index (κ2) is 10.9. The molecule has 0 aliphatic heterocycles. The second-order valence-corrected chi connectivity index (χ2v) is 13.4. The lowest BCUT2D eigenvalue weighted by Crippen LogP contribution is -2.19. The van der Waals surface area contributed by atoms with E-state index in [1.165, 1.54) is 29.8 Å². The van der Waals surface area contributed by atoms with Crippen molar-refractivity contribution in [2.24, 2.45) is 4.40 Å². The van der Waals surface area contributed by atoms with Crippen molar-refractivity contribution >= 4 is 61.8 Å². The van der Waals surface area contributed by atoms with Crippen LogP contribution in [-0.2, 0) is 17.5 Å². The predicted octanol–water partition coefficient (Wildman–Crippen LogP) is 6.92. The maximum atomic E-state index is 13.6. The van der Waals surface area contributed by atoms with Crippen LogP contribution >= 0.6 is 11.3 Å². The summed E-state index contributed by atoms with van der Waals surface area (Å²) in [5.74, 6) is 0.408. The topological polar surface area (TPSA) is 97.9 Å². The number of fused-ring (bicyclic) bond motifs is 2. The molecule has 6 rings (SSSR count). The Morgan fingerprint density at radius 3 is 2.76 bits per heavy atom. The van der Waals surface area contributed by atoms with Gasteiger partial charge in [0, 0.05) is 28.2 Å². The molecule has 3 heterocycles. The third-order valence-corrected chi connectivity index (χ3v) is 8.66. The van der Waals surface area contributed by atoms with Gasteiger partial charge in [0.1, 0.15) is 34.0 Å². The van der Waals surface area contributed by atoms with E-state index in [1.54, 1.807) is 24.7 Å². The van der Waals surface area contributed by atoms with Gasteiger partial charge < -0.3 is 5.32 Å². The summed E-state index contributed by atoms with van der Waals surface area (Å²) < 4.78 is 31.5. The number of rotatable bonds is 7. The van der Waals surface area contributed by atoms with E-state index < -0.39 is 15.7 Å². The molecule has 206 valence electrons. The molecular weight excluding hydrogens is 558 g/mol. The van der Waals surface area contributed by atoms with E-state index in [1.807, 2.05) is 67.9 Å². The number of nitrogens with one attached hydrogen (secondary N) is 1. The first-order valence-electron chi connectivity index (χ1n) is 12.9. The molecule has 0 bridgehead atoms. The zero-order valence-corrected chi connectivity index (χ0v) is 24.2. The highest BCUT2D eigenvalue weighted by Crippen LogP contribution is 2.31. The molecule has 8 nitrogen and oxygen atoms in total. The summed E-state index contributed by atoms with van der Waals surface area (Å²) in [5, 5.41) is 10.6. The van der Waals surface area contributed by atoms with Crippen molar-refractivity contribution in [3.63, 3.8) is 0 Å². The molecule has 11 heteroatoms. The van der Waals surface area contributed by atoms with Crippen LogP contribution in [0.15, 0.2) is 83.8 Å². The van der Waals surface area contributed by atoms with Gasteiger partial charge in [0.2, 0.25) is 0 Å².